The van der Waals surface area contributed by atoms with Crippen LogP contribution in [0.1, 0.15) is 26.7 Å². The summed E-state index contributed by atoms with van der Waals surface area (Å²) in [4.78, 5) is 2.68. The van der Waals surface area contributed by atoms with Crippen molar-refractivity contribution >= 4 is 17.2 Å². The van der Waals surface area contributed by atoms with E-state index in [9.17, 15) is 0 Å². The van der Waals surface area contributed by atoms with Gasteiger partial charge in [-0.15, -0.1) is 0 Å². The molecule has 78 valence electrons. The number of nitrogens with zero attached hydrogens (tertiary/aromatic N) is 1. The zero-order valence-corrected chi connectivity index (χ0v) is 9.52. The minimum absolute atomic E-state index is 0.157. The van der Waals surface area contributed by atoms with Crippen molar-refractivity contribution in [2.24, 2.45) is 5.73 Å². The molecule has 0 aliphatic carbocycles. The van der Waals surface area contributed by atoms with E-state index in [1.54, 1.807) is 0 Å². The summed E-state index contributed by atoms with van der Waals surface area (Å²) in [7, 11) is 2.00. The Morgan fingerprint density at radius 1 is 1.54 bits per heavy atom. The third-order valence-corrected chi connectivity index (χ3v) is 2.54. The fourth-order valence-corrected chi connectivity index (χ4v) is 1.06. The van der Waals surface area contributed by atoms with Crippen LogP contribution in [0.2, 0.25) is 0 Å². The van der Waals surface area contributed by atoms with E-state index in [0.29, 0.717) is 4.99 Å². The van der Waals surface area contributed by atoms with Gasteiger partial charge in [0.2, 0.25) is 0 Å². The minimum atomic E-state index is -0.157. The quantitative estimate of drug-likeness (QED) is 0.627. The van der Waals surface area contributed by atoms with E-state index in [-0.39, 0.29) is 12.1 Å². The van der Waals surface area contributed by atoms with Crippen molar-refractivity contribution in [3.05, 3.63) is 0 Å². The molecule has 0 saturated heterocycles. The van der Waals surface area contributed by atoms with Crippen molar-refractivity contribution in [1.82, 2.24) is 4.90 Å². The van der Waals surface area contributed by atoms with E-state index in [4.69, 9.17) is 23.1 Å². The molecule has 0 bridgehead atoms. The summed E-state index contributed by atoms with van der Waals surface area (Å²) in [6.45, 7) is 5.09. The first-order chi connectivity index (χ1) is 5.90. The maximum absolute atomic E-state index is 9.08. The number of thiocarbonyl (C=S) groups is 1. The lowest BCUT2D eigenvalue weighted by atomic mass is 10.0. The highest BCUT2D eigenvalue weighted by Gasteiger charge is 2.21. The molecule has 0 aliphatic rings. The van der Waals surface area contributed by atoms with Crippen LogP contribution in [-0.2, 0) is 0 Å². The highest BCUT2D eigenvalue weighted by Crippen LogP contribution is 2.11. The van der Waals surface area contributed by atoms with E-state index < -0.39 is 0 Å². The molecule has 0 aromatic rings. The van der Waals surface area contributed by atoms with Crippen LogP contribution in [0, 0.1) is 0 Å². The number of aliphatic hydroxyl groups is 1. The summed E-state index contributed by atoms with van der Waals surface area (Å²) in [5, 5.41) is 9.08. The van der Waals surface area contributed by atoms with Gasteiger partial charge in [0.1, 0.15) is 0 Å². The Balaban J connectivity index is 3.74. The van der Waals surface area contributed by atoms with Gasteiger partial charge in [0, 0.05) is 5.54 Å². The molecule has 0 radical (unpaired) electrons. The Kier molecular flexibility index (Phi) is 5.44. The molecule has 4 heteroatoms. The summed E-state index contributed by atoms with van der Waals surface area (Å²) in [5.74, 6) is 0. The molecule has 0 rings (SSSR count). The molecule has 0 heterocycles. The van der Waals surface area contributed by atoms with Gasteiger partial charge in [0.05, 0.1) is 11.6 Å². The van der Waals surface area contributed by atoms with Gasteiger partial charge in [-0.2, -0.15) is 0 Å². The van der Waals surface area contributed by atoms with E-state index >= 15 is 0 Å². The molecule has 0 aromatic heterocycles. The van der Waals surface area contributed by atoms with Crippen molar-refractivity contribution in [2.75, 3.05) is 20.2 Å². The predicted octanol–water partition coefficient (Wildman–Crippen LogP) is 0.755. The second-order valence-corrected chi connectivity index (χ2v) is 4.49. The molecule has 0 spiro atoms. The molecule has 0 atom stereocenters. The third-order valence-electron chi connectivity index (χ3n) is 2.34. The zero-order chi connectivity index (χ0) is 10.5. The van der Waals surface area contributed by atoms with Crippen LogP contribution in [-0.4, -0.2) is 40.7 Å². The summed E-state index contributed by atoms with van der Waals surface area (Å²) in [5.41, 5.74) is 5.23. The number of rotatable bonds is 6. The summed E-state index contributed by atoms with van der Waals surface area (Å²) in [6.07, 6.45) is 1.73. The first-order valence-electron chi connectivity index (χ1n) is 4.50. The molecular weight excluding hydrogens is 184 g/mol. The number of likely N-dealkylation sites (N-methyl/N-ethyl adjacent to an activating group) is 1. The highest BCUT2D eigenvalue weighted by atomic mass is 32.1. The average molecular weight is 204 g/mol. The van der Waals surface area contributed by atoms with E-state index in [0.717, 1.165) is 19.4 Å². The van der Waals surface area contributed by atoms with Crippen molar-refractivity contribution < 1.29 is 5.11 Å². The Bertz CT molecular complexity index is 171. The average Bonchev–Trinajstić information content (AvgIpc) is 2.03. The fourth-order valence-electron chi connectivity index (χ4n) is 0.914. The van der Waals surface area contributed by atoms with Crippen LogP contribution < -0.4 is 5.73 Å². The van der Waals surface area contributed by atoms with E-state index in [1.165, 1.54) is 0 Å². The van der Waals surface area contributed by atoms with Crippen molar-refractivity contribution in [3.8, 4) is 0 Å². The van der Waals surface area contributed by atoms with Crippen LogP contribution >= 0.6 is 12.2 Å². The minimum Gasteiger partial charge on any atom is -0.394 e. The molecule has 0 fully saturated rings. The van der Waals surface area contributed by atoms with Gasteiger partial charge in [-0.05, 0) is 40.3 Å². The van der Waals surface area contributed by atoms with Gasteiger partial charge >= 0.3 is 0 Å². The lowest BCUT2D eigenvalue weighted by Gasteiger charge is -2.33. The number of hydrogen-bond acceptors (Lipinski definition) is 3. The Morgan fingerprint density at radius 2 is 2.08 bits per heavy atom. The van der Waals surface area contributed by atoms with Gasteiger partial charge in [-0.25, -0.2) is 0 Å². The van der Waals surface area contributed by atoms with Gasteiger partial charge in [0.25, 0.3) is 0 Å². The predicted molar refractivity (Wildman–Crippen MR) is 59.8 cm³/mol. The van der Waals surface area contributed by atoms with Crippen LogP contribution in [0.15, 0.2) is 0 Å². The number of aliphatic hydroxyl groups excluding tert-OH is 1. The third kappa shape index (κ3) is 5.18. The van der Waals surface area contributed by atoms with E-state index in [1.807, 2.05) is 20.9 Å². The molecule has 0 amide bonds. The smallest absolute Gasteiger partial charge is 0.0727 e. The highest BCUT2D eigenvalue weighted by molar-refractivity contribution is 7.80. The van der Waals surface area contributed by atoms with Gasteiger partial charge < -0.3 is 10.8 Å². The number of nitrogens with two attached hydrogens (primary N) is 1. The van der Waals surface area contributed by atoms with Crippen LogP contribution in [0.4, 0.5) is 0 Å². The molecule has 3 nitrogen and oxygen atoms in total. The summed E-state index contributed by atoms with van der Waals surface area (Å²) >= 11 is 4.78. The summed E-state index contributed by atoms with van der Waals surface area (Å²) in [6, 6.07) is 0. The van der Waals surface area contributed by atoms with E-state index in [2.05, 4.69) is 4.90 Å². The second-order valence-electron chi connectivity index (χ2n) is 3.96. The Labute approximate surface area is 85.9 Å². The summed E-state index contributed by atoms with van der Waals surface area (Å²) < 4.78 is 0. The lowest BCUT2D eigenvalue weighted by Crippen LogP contribution is -2.44. The molecular formula is C9H20N2OS. The topological polar surface area (TPSA) is 49.5 Å². The Morgan fingerprint density at radius 3 is 2.46 bits per heavy atom. The maximum Gasteiger partial charge on any atom is 0.0727 e. The lowest BCUT2D eigenvalue weighted by molar-refractivity contribution is 0.0787. The standard InChI is InChI=1S/C9H20N2OS/c1-9(2,7-12)11(3)6-4-5-8(10)13/h12H,4-7H2,1-3H3,(H2,10,13). The monoisotopic (exact) mass is 204 g/mol. The van der Waals surface area contributed by atoms with Crippen molar-refractivity contribution in [1.29, 1.82) is 0 Å². The molecule has 13 heavy (non-hydrogen) atoms. The fraction of sp³-hybridized carbons (Fsp3) is 0.889. The van der Waals surface area contributed by atoms with Crippen LogP contribution in [0.5, 0.6) is 0 Å². The first-order valence-corrected chi connectivity index (χ1v) is 4.91. The van der Waals surface area contributed by atoms with Crippen molar-refractivity contribution in [3.63, 3.8) is 0 Å². The van der Waals surface area contributed by atoms with Gasteiger partial charge in [-0.1, -0.05) is 12.2 Å². The zero-order valence-electron chi connectivity index (χ0n) is 8.71. The largest absolute Gasteiger partial charge is 0.394 e. The molecule has 3 N–H and O–H groups in total. The van der Waals surface area contributed by atoms with Crippen LogP contribution in [0.3, 0.4) is 0 Å². The molecule has 0 aromatic carbocycles. The Hall–Kier alpha value is -0.190. The van der Waals surface area contributed by atoms with Gasteiger partial charge in [-0.3, -0.25) is 4.90 Å². The maximum atomic E-state index is 9.08. The molecule has 0 saturated carbocycles. The van der Waals surface area contributed by atoms with Crippen molar-refractivity contribution in [2.45, 2.75) is 32.2 Å². The molecule has 0 aliphatic heterocycles. The van der Waals surface area contributed by atoms with Crippen LogP contribution in [0.25, 0.3) is 0 Å². The normalized spacial score (nSPS) is 12.1. The molecule has 0 unspecified atom stereocenters. The van der Waals surface area contributed by atoms with Gasteiger partial charge in [0.15, 0.2) is 0 Å². The first kappa shape index (κ1) is 12.8. The second kappa shape index (κ2) is 5.52. The SMILES string of the molecule is CN(CCCC(N)=S)C(C)(C)CO. The number of hydrogen-bond donors (Lipinski definition) is 2.